The number of aromatic nitrogens is 4. The van der Waals surface area contributed by atoms with Gasteiger partial charge in [-0.2, -0.15) is 0 Å². The topological polar surface area (TPSA) is 74.8 Å². The van der Waals surface area contributed by atoms with Gasteiger partial charge in [-0.15, -0.1) is 11.3 Å². The molecule has 0 aliphatic carbocycles. The number of nitrogens with zero attached hydrogens (tertiary/aromatic N) is 4. The van der Waals surface area contributed by atoms with Crippen LogP contribution in [0.2, 0.25) is 0 Å². The quantitative estimate of drug-likeness (QED) is 0.343. The number of pyridine rings is 3. The van der Waals surface area contributed by atoms with Crippen molar-refractivity contribution in [2.45, 2.75) is 27.2 Å². The lowest BCUT2D eigenvalue weighted by molar-refractivity contribution is 0.307. The SMILES string of the molecule is CCN(CC)CCc1cc2cc(-c3ccc4ncccc4c3)c(-c3cnc(C)s3)nc2[nH]c1=O. The fourth-order valence-electron chi connectivity index (χ4n) is 4.31. The van der Waals surface area contributed by atoms with Crippen LogP contribution in [-0.4, -0.2) is 44.5 Å². The number of H-pyrrole nitrogens is 1. The number of hydrogen-bond acceptors (Lipinski definition) is 6. The summed E-state index contributed by atoms with van der Waals surface area (Å²) in [5, 5.41) is 2.99. The van der Waals surface area contributed by atoms with E-state index in [9.17, 15) is 4.79 Å². The largest absolute Gasteiger partial charge is 0.306 e. The normalized spacial score (nSPS) is 11.6. The number of aromatic amines is 1. The highest BCUT2D eigenvalue weighted by molar-refractivity contribution is 7.15. The molecule has 172 valence electrons. The van der Waals surface area contributed by atoms with Gasteiger partial charge in [-0.3, -0.25) is 9.78 Å². The molecule has 0 amide bonds. The Morgan fingerprint density at radius 3 is 2.65 bits per heavy atom. The summed E-state index contributed by atoms with van der Waals surface area (Å²) in [6, 6.07) is 14.4. The van der Waals surface area contributed by atoms with E-state index in [4.69, 9.17) is 4.98 Å². The van der Waals surface area contributed by atoms with Crippen LogP contribution in [0, 0.1) is 6.92 Å². The molecular weight excluding hydrogens is 442 g/mol. The maximum Gasteiger partial charge on any atom is 0.252 e. The van der Waals surface area contributed by atoms with E-state index in [2.05, 4.69) is 58.0 Å². The van der Waals surface area contributed by atoms with Crippen molar-refractivity contribution in [3.05, 3.63) is 75.8 Å². The number of likely N-dealkylation sites (N-methyl/N-ethyl adjacent to an activating group) is 1. The first-order chi connectivity index (χ1) is 16.6. The molecule has 34 heavy (non-hydrogen) atoms. The van der Waals surface area contributed by atoms with Crippen molar-refractivity contribution in [2.24, 2.45) is 0 Å². The minimum absolute atomic E-state index is 0.0666. The third-order valence-corrected chi connectivity index (χ3v) is 7.19. The zero-order chi connectivity index (χ0) is 23.7. The Hall–Kier alpha value is -3.42. The Balaban J connectivity index is 1.67. The zero-order valence-corrected chi connectivity index (χ0v) is 20.4. The number of nitrogens with one attached hydrogen (secondary N) is 1. The molecule has 7 heteroatoms. The molecule has 0 radical (unpaired) electrons. The highest BCUT2D eigenvalue weighted by Crippen LogP contribution is 2.36. The first-order valence-corrected chi connectivity index (χ1v) is 12.4. The van der Waals surface area contributed by atoms with Gasteiger partial charge in [0.05, 0.1) is 21.1 Å². The molecule has 0 bridgehead atoms. The van der Waals surface area contributed by atoms with Crippen molar-refractivity contribution >= 4 is 33.3 Å². The molecule has 0 aliphatic rings. The number of aryl methyl sites for hydroxylation is 1. The van der Waals surface area contributed by atoms with Gasteiger partial charge in [0.25, 0.3) is 5.56 Å². The molecule has 5 rings (SSSR count). The average Bonchev–Trinajstić information content (AvgIpc) is 3.30. The summed E-state index contributed by atoms with van der Waals surface area (Å²) in [4.78, 5) is 33.0. The number of thiazole rings is 1. The van der Waals surface area contributed by atoms with Gasteiger partial charge >= 0.3 is 0 Å². The minimum atomic E-state index is -0.0666. The van der Waals surface area contributed by atoms with E-state index in [1.807, 2.05) is 31.3 Å². The van der Waals surface area contributed by atoms with Gasteiger partial charge < -0.3 is 9.88 Å². The number of rotatable bonds is 7. The summed E-state index contributed by atoms with van der Waals surface area (Å²) in [6.45, 7) is 9.08. The number of benzene rings is 1. The zero-order valence-electron chi connectivity index (χ0n) is 19.6. The standard InChI is InChI=1S/C27H27N5OS/c1-4-32(5-2)12-10-20-14-21-15-22(18-8-9-23-19(13-18)7-6-11-28-23)25(24-16-29-17(3)34-24)30-26(21)31-27(20)33/h6-9,11,13-16H,4-5,10,12H2,1-3H3,(H,30,31,33). The molecule has 0 atom stereocenters. The van der Waals surface area contributed by atoms with E-state index in [0.717, 1.165) is 68.2 Å². The van der Waals surface area contributed by atoms with E-state index < -0.39 is 0 Å². The monoisotopic (exact) mass is 469 g/mol. The van der Waals surface area contributed by atoms with E-state index in [1.165, 1.54) is 0 Å². The van der Waals surface area contributed by atoms with E-state index in [-0.39, 0.29) is 5.56 Å². The molecule has 0 fully saturated rings. The predicted octanol–water partition coefficient (Wildman–Crippen LogP) is 5.45. The third-order valence-electron chi connectivity index (χ3n) is 6.27. The van der Waals surface area contributed by atoms with Gasteiger partial charge in [0.1, 0.15) is 5.65 Å². The van der Waals surface area contributed by atoms with Crippen molar-refractivity contribution in [1.82, 2.24) is 24.8 Å². The molecule has 1 aromatic carbocycles. The van der Waals surface area contributed by atoms with Crippen LogP contribution < -0.4 is 5.56 Å². The van der Waals surface area contributed by atoms with Crippen LogP contribution in [-0.2, 0) is 6.42 Å². The molecule has 0 unspecified atom stereocenters. The molecule has 1 N–H and O–H groups in total. The minimum Gasteiger partial charge on any atom is -0.306 e. The summed E-state index contributed by atoms with van der Waals surface area (Å²) >= 11 is 1.60. The second kappa shape index (κ2) is 9.44. The molecule has 0 saturated heterocycles. The van der Waals surface area contributed by atoms with E-state index in [0.29, 0.717) is 12.1 Å². The summed E-state index contributed by atoms with van der Waals surface area (Å²) in [5.41, 5.74) is 5.18. The molecular formula is C27H27N5OS. The lowest BCUT2D eigenvalue weighted by Gasteiger charge is -2.17. The molecule has 4 heterocycles. The lowest BCUT2D eigenvalue weighted by atomic mass is 9.99. The Labute approximate surface area is 202 Å². The van der Waals surface area contributed by atoms with Gasteiger partial charge in [0, 0.05) is 40.8 Å². The summed E-state index contributed by atoms with van der Waals surface area (Å²) < 4.78 is 0. The first-order valence-electron chi connectivity index (χ1n) is 11.6. The smallest absolute Gasteiger partial charge is 0.252 e. The van der Waals surface area contributed by atoms with Crippen LogP contribution in [0.5, 0.6) is 0 Å². The van der Waals surface area contributed by atoms with Crippen molar-refractivity contribution in [1.29, 1.82) is 0 Å². The van der Waals surface area contributed by atoms with Gasteiger partial charge in [-0.05, 0) is 62.3 Å². The third kappa shape index (κ3) is 4.36. The van der Waals surface area contributed by atoms with Crippen LogP contribution in [0.1, 0.15) is 24.4 Å². The Bertz CT molecular complexity index is 1530. The Kier molecular flexibility index (Phi) is 6.22. The lowest BCUT2D eigenvalue weighted by Crippen LogP contribution is -2.27. The maximum atomic E-state index is 12.8. The van der Waals surface area contributed by atoms with Crippen LogP contribution in [0.3, 0.4) is 0 Å². The van der Waals surface area contributed by atoms with E-state index >= 15 is 0 Å². The van der Waals surface area contributed by atoms with Gasteiger partial charge in [-0.25, -0.2) is 9.97 Å². The second-order valence-corrected chi connectivity index (χ2v) is 9.61. The van der Waals surface area contributed by atoms with E-state index in [1.54, 1.807) is 17.5 Å². The predicted molar refractivity (Wildman–Crippen MR) is 140 cm³/mol. The van der Waals surface area contributed by atoms with Gasteiger partial charge in [-0.1, -0.05) is 26.0 Å². The van der Waals surface area contributed by atoms with Crippen LogP contribution in [0.15, 0.2) is 59.7 Å². The second-order valence-electron chi connectivity index (χ2n) is 8.38. The molecule has 4 aromatic heterocycles. The molecule has 5 aromatic rings. The highest BCUT2D eigenvalue weighted by Gasteiger charge is 2.16. The molecule has 6 nitrogen and oxygen atoms in total. The van der Waals surface area contributed by atoms with Gasteiger partial charge in [0.2, 0.25) is 0 Å². The average molecular weight is 470 g/mol. The van der Waals surface area contributed by atoms with Crippen LogP contribution >= 0.6 is 11.3 Å². The fraction of sp³-hybridized carbons (Fsp3) is 0.259. The van der Waals surface area contributed by atoms with Crippen LogP contribution in [0.25, 0.3) is 43.6 Å². The summed E-state index contributed by atoms with van der Waals surface area (Å²) in [6.07, 6.45) is 4.37. The summed E-state index contributed by atoms with van der Waals surface area (Å²) in [5.74, 6) is 0. The fourth-order valence-corrected chi connectivity index (χ4v) is 5.09. The molecule has 0 saturated carbocycles. The van der Waals surface area contributed by atoms with Crippen molar-refractivity contribution in [3.8, 4) is 21.7 Å². The summed E-state index contributed by atoms with van der Waals surface area (Å²) in [7, 11) is 0. The van der Waals surface area contributed by atoms with Crippen molar-refractivity contribution in [3.63, 3.8) is 0 Å². The number of fused-ring (bicyclic) bond motifs is 2. The molecule has 0 spiro atoms. The van der Waals surface area contributed by atoms with Crippen molar-refractivity contribution in [2.75, 3.05) is 19.6 Å². The van der Waals surface area contributed by atoms with Gasteiger partial charge in [0.15, 0.2) is 0 Å². The number of hydrogen-bond donors (Lipinski definition) is 1. The maximum absolute atomic E-state index is 12.8. The highest BCUT2D eigenvalue weighted by atomic mass is 32.1. The Morgan fingerprint density at radius 2 is 1.88 bits per heavy atom. The first kappa shape index (κ1) is 22.4. The van der Waals surface area contributed by atoms with Crippen LogP contribution in [0.4, 0.5) is 0 Å². The van der Waals surface area contributed by atoms with Crippen molar-refractivity contribution < 1.29 is 0 Å². The Morgan fingerprint density at radius 1 is 1.03 bits per heavy atom. The molecule has 0 aliphatic heterocycles.